The van der Waals surface area contributed by atoms with Gasteiger partial charge in [-0.15, -0.1) is 24.0 Å². The van der Waals surface area contributed by atoms with E-state index in [1.54, 1.807) is 34.0 Å². The molecule has 3 N–H and O–H groups in total. The van der Waals surface area contributed by atoms with Crippen molar-refractivity contribution in [3.05, 3.63) is 35.4 Å². The number of hydrogen-bond acceptors (Lipinski definition) is 3. The molecular formula is C20H31F3IN5O2. The summed E-state index contributed by atoms with van der Waals surface area (Å²) in [5.41, 5.74) is -1.15. The van der Waals surface area contributed by atoms with Gasteiger partial charge >= 0.3 is 6.18 Å². The summed E-state index contributed by atoms with van der Waals surface area (Å²) in [4.78, 5) is 29.7. The number of nitrogens with zero attached hydrogens (tertiary/aromatic N) is 2. The molecule has 7 nitrogen and oxygen atoms in total. The Kier molecular flexibility index (Phi) is 11.9. The van der Waals surface area contributed by atoms with Crippen LogP contribution in [0.4, 0.5) is 13.2 Å². The average Bonchev–Trinajstić information content (AvgIpc) is 2.66. The van der Waals surface area contributed by atoms with Gasteiger partial charge < -0.3 is 20.9 Å². The average molecular weight is 557 g/mol. The van der Waals surface area contributed by atoms with Crippen molar-refractivity contribution in [2.45, 2.75) is 33.5 Å². The molecule has 0 radical (unpaired) electrons. The van der Waals surface area contributed by atoms with Crippen LogP contribution in [0.15, 0.2) is 29.3 Å². The summed E-state index contributed by atoms with van der Waals surface area (Å²) >= 11 is 0. The number of halogens is 4. The van der Waals surface area contributed by atoms with E-state index >= 15 is 0 Å². The Hall–Kier alpha value is -2.05. The highest BCUT2D eigenvalue weighted by atomic mass is 127. The van der Waals surface area contributed by atoms with Crippen molar-refractivity contribution in [1.82, 2.24) is 20.9 Å². The SMILES string of the molecule is CCNC(=O)C(C)(C)CNC(=NCc1cccc(C(F)(F)F)c1)NCC(=O)N(C)C.I. The first-order valence-electron chi connectivity index (χ1n) is 9.53. The van der Waals surface area contributed by atoms with E-state index in [4.69, 9.17) is 0 Å². The van der Waals surface area contributed by atoms with E-state index in [-0.39, 0.29) is 61.4 Å². The number of carbonyl (C=O) groups is 2. The number of hydrogen-bond donors (Lipinski definition) is 3. The summed E-state index contributed by atoms with van der Waals surface area (Å²) in [6.45, 7) is 5.94. The molecular weight excluding hydrogens is 526 g/mol. The maximum atomic E-state index is 12.9. The van der Waals surface area contributed by atoms with Gasteiger partial charge in [-0.25, -0.2) is 4.99 Å². The van der Waals surface area contributed by atoms with Crippen molar-refractivity contribution in [3.63, 3.8) is 0 Å². The first kappa shape index (κ1) is 28.9. The maximum absolute atomic E-state index is 12.9. The second-order valence-corrected chi connectivity index (χ2v) is 7.60. The lowest BCUT2D eigenvalue weighted by Gasteiger charge is -2.25. The van der Waals surface area contributed by atoms with E-state index in [9.17, 15) is 22.8 Å². The first-order valence-corrected chi connectivity index (χ1v) is 9.53. The highest BCUT2D eigenvalue weighted by molar-refractivity contribution is 14.0. The van der Waals surface area contributed by atoms with Crippen LogP contribution in [0.25, 0.3) is 0 Å². The zero-order chi connectivity index (χ0) is 22.9. The minimum absolute atomic E-state index is 0. The summed E-state index contributed by atoms with van der Waals surface area (Å²) in [7, 11) is 3.21. The van der Waals surface area contributed by atoms with E-state index in [1.807, 2.05) is 6.92 Å². The number of aliphatic imine (C=N–C) groups is 1. The standard InChI is InChI=1S/C20H30F3N5O2.HI/c1-6-24-17(30)19(2,3)13-27-18(26-12-16(29)28(4)5)25-11-14-8-7-9-15(10-14)20(21,22)23;/h7-10H,6,11-13H2,1-5H3,(H,24,30)(H2,25,26,27);1H. The molecule has 0 aromatic heterocycles. The second-order valence-electron chi connectivity index (χ2n) is 7.60. The van der Waals surface area contributed by atoms with Crippen molar-refractivity contribution in [2.24, 2.45) is 10.4 Å². The van der Waals surface area contributed by atoms with Crippen LogP contribution in [-0.2, 0) is 22.3 Å². The Morgan fingerprint density at radius 2 is 1.74 bits per heavy atom. The third-order valence-electron chi connectivity index (χ3n) is 4.23. The van der Waals surface area contributed by atoms with Crippen LogP contribution in [0.5, 0.6) is 0 Å². The Labute approximate surface area is 198 Å². The molecule has 0 aliphatic carbocycles. The first-order chi connectivity index (χ1) is 13.9. The predicted octanol–water partition coefficient (Wildman–Crippen LogP) is 2.61. The third kappa shape index (κ3) is 10.2. The monoisotopic (exact) mass is 557 g/mol. The molecule has 0 aliphatic heterocycles. The molecule has 1 aromatic rings. The van der Waals surface area contributed by atoms with E-state index < -0.39 is 17.2 Å². The van der Waals surface area contributed by atoms with Crippen LogP contribution in [-0.4, -0.2) is 56.4 Å². The molecule has 31 heavy (non-hydrogen) atoms. The van der Waals surface area contributed by atoms with Crippen LogP contribution in [0.3, 0.4) is 0 Å². The van der Waals surface area contributed by atoms with Gasteiger partial charge in [0.15, 0.2) is 5.96 Å². The number of nitrogens with one attached hydrogen (secondary N) is 3. The molecule has 1 rings (SSSR count). The lowest BCUT2D eigenvalue weighted by Crippen LogP contribution is -2.49. The largest absolute Gasteiger partial charge is 0.416 e. The van der Waals surface area contributed by atoms with Crippen molar-refractivity contribution in [3.8, 4) is 0 Å². The fourth-order valence-corrected chi connectivity index (χ4v) is 2.29. The number of likely N-dealkylation sites (N-methyl/N-ethyl adjacent to an activating group) is 1. The van der Waals surface area contributed by atoms with Gasteiger partial charge in [-0.1, -0.05) is 12.1 Å². The summed E-state index contributed by atoms with van der Waals surface area (Å²) in [6.07, 6.45) is -4.44. The lowest BCUT2D eigenvalue weighted by atomic mass is 9.92. The highest BCUT2D eigenvalue weighted by Gasteiger charge is 2.30. The van der Waals surface area contributed by atoms with Gasteiger partial charge in [0.2, 0.25) is 11.8 Å². The normalized spacial score (nSPS) is 11.9. The van der Waals surface area contributed by atoms with Crippen molar-refractivity contribution in [1.29, 1.82) is 0 Å². The van der Waals surface area contributed by atoms with E-state index in [2.05, 4.69) is 20.9 Å². The molecule has 0 unspecified atom stereocenters. The minimum atomic E-state index is -4.44. The zero-order valence-electron chi connectivity index (χ0n) is 18.4. The van der Waals surface area contributed by atoms with Crippen LogP contribution in [0.2, 0.25) is 0 Å². The molecule has 0 spiro atoms. The smallest absolute Gasteiger partial charge is 0.356 e. The van der Waals surface area contributed by atoms with Gasteiger partial charge in [-0.3, -0.25) is 9.59 Å². The fraction of sp³-hybridized carbons (Fsp3) is 0.550. The molecule has 0 fully saturated rings. The number of carbonyl (C=O) groups excluding carboxylic acids is 2. The maximum Gasteiger partial charge on any atom is 0.416 e. The van der Waals surface area contributed by atoms with Gasteiger partial charge in [0.25, 0.3) is 0 Å². The minimum Gasteiger partial charge on any atom is -0.356 e. The van der Waals surface area contributed by atoms with Gasteiger partial charge in [0.05, 0.1) is 24.1 Å². The molecule has 11 heteroatoms. The van der Waals surface area contributed by atoms with Gasteiger partial charge in [0.1, 0.15) is 0 Å². The van der Waals surface area contributed by atoms with Crippen molar-refractivity contribution >= 4 is 41.8 Å². The highest BCUT2D eigenvalue weighted by Crippen LogP contribution is 2.29. The summed E-state index contributed by atoms with van der Waals surface area (Å²) in [6, 6.07) is 4.89. The van der Waals surface area contributed by atoms with Crippen molar-refractivity contribution in [2.75, 3.05) is 33.7 Å². The van der Waals surface area contributed by atoms with Crippen molar-refractivity contribution < 1.29 is 22.8 Å². The number of guanidine groups is 1. The molecule has 1 aromatic carbocycles. The summed E-state index contributed by atoms with van der Waals surface area (Å²) in [5, 5.41) is 8.59. The van der Waals surface area contributed by atoms with Crippen LogP contribution in [0, 0.1) is 5.41 Å². The van der Waals surface area contributed by atoms with Crippen LogP contribution >= 0.6 is 24.0 Å². The number of alkyl halides is 3. The molecule has 2 amide bonds. The molecule has 0 saturated carbocycles. The van der Waals surface area contributed by atoms with E-state index in [1.165, 1.54) is 11.0 Å². The van der Waals surface area contributed by atoms with E-state index in [0.717, 1.165) is 12.1 Å². The second kappa shape index (κ2) is 12.7. The van der Waals surface area contributed by atoms with Gasteiger partial charge in [0, 0.05) is 27.2 Å². The summed E-state index contributed by atoms with van der Waals surface area (Å²) < 4.78 is 38.7. The van der Waals surface area contributed by atoms with Crippen LogP contribution in [0.1, 0.15) is 31.9 Å². The van der Waals surface area contributed by atoms with E-state index in [0.29, 0.717) is 12.1 Å². The lowest BCUT2D eigenvalue weighted by molar-refractivity contribution is -0.137. The molecule has 0 atom stereocenters. The molecule has 0 bridgehead atoms. The van der Waals surface area contributed by atoms with Gasteiger partial charge in [-0.2, -0.15) is 13.2 Å². The third-order valence-corrected chi connectivity index (χ3v) is 4.23. The molecule has 176 valence electrons. The quantitative estimate of drug-likeness (QED) is 0.261. The fourth-order valence-electron chi connectivity index (χ4n) is 2.29. The molecule has 0 saturated heterocycles. The Morgan fingerprint density at radius 3 is 2.29 bits per heavy atom. The van der Waals surface area contributed by atoms with Gasteiger partial charge in [-0.05, 0) is 38.5 Å². The number of amides is 2. The Morgan fingerprint density at radius 1 is 1.10 bits per heavy atom. The Balaban J connectivity index is 0.00000900. The molecule has 0 aliphatic rings. The number of rotatable bonds is 8. The summed E-state index contributed by atoms with van der Waals surface area (Å²) in [5.74, 6) is -0.134. The Bertz CT molecular complexity index is 767. The number of benzene rings is 1. The molecule has 0 heterocycles. The zero-order valence-corrected chi connectivity index (χ0v) is 20.7. The van der Waals surface area contributed by atoms with Crippen LogP contribution < -0.4 is 16.0 Å². The topological polar surface area (TPSA) is 85.8 Å². The predicted molar refractivity (Wildman–Crippen MR) is 125 cm³/mol.